The van der Waals surface area contributed by atoms with E-state index < -0.39 is 0 Å². The molecule has 0 spiro atoms. The summed E-state index contributed by atoms with van der Waals surface area (Å²) in [7, 11) is 0. The largest absolute Gasteiger partial charge is 0.459 e. The van der Waals surface area contributed by atoms with Gasteiger partial charge in [-0.15, -0.1) is 0 Å². The van der Waals surface area contributed by atoms with Crippen LogP contribution < -0.4 is 10.2 Å². The molecule has 5 rings (SSSR count). The number of hydrogen-bond acceptors (Lipinski definition) is 5. The summed E-state index contributed by atoms with van der Waals surface area (Å²) in [5.74, 6) is -0.261. The Morgan fingerprint density at radius 1 is 0.939 bits per heavy atom. The van der Waals surface area contributed by atoms with Crippen molar-refractivity contribution in [2.24, 2.45) is 0 Å². The third-order valence-corrected chi connectivity index (χ3v) is 6.41. The molecule has 0 radical (unpaired) electrons. The number of hydrogen-bond donors (Lipinski definition) is 1. The lowest BCUT2D eigenvalue weighted by molar-refractivity contribution is -0.131. The molecule has 7 heteroatoms. The van der Waals surface area contributed by atoms with Crippen molar-refractivity contribution in [3.8, 4) is 0 Å². The second-order valence-electron chi connectivity index (χ2n) is 8.63. The molecular weight excluding hydrogens is 416 g/mol. The quantitative estimate of drug-likeness (QED) is 0.656. The normalized spacial score (nSPS) is 18.2. The summed E-state index contributed by atoms with van der Waals surface area (Å²) in [5.41, 5.74) is 3.65. The minimum atomic E-state index is -0.378. The molecule has 3 heterocycles. The van der Waals surface area contributed by atoms with Crippen LogP contribution in [0.3, 0.4) is 0 Å². The van der Waals surface area contributed by atoms with Gasteiger partial charge in [0.1, 0.15) is 0 Å². The molecule has 170 valence electrons. The van der Waals surface area contributed by atoms with Crippen molar-refractivity contribution >= 4 is 17.5 Å². The van der Waals surface area contributed by atoms with E-state index in [9.17, 15) is 9.59 Å². The van der Waals surface area contributed by atoms with E-state index >= 15 is 0 Å². The van der Waals surface area contributed by atoms with Crippen molar-refractivity contribution in [3.05, 3.63) is 89.9 Å². The van der Waals surface area contributed by atoms with Crippen LogP contribution in [0.25, 0.3) is 0 Å². The van der Waals surface area contributed by atoms with Crippen LogP contribution in [0.15, 0.2) is 77.4 Å². The van der Waals surface area contributed by atoms with Crippen LogP contribution in [0.5, 0.6) is 0 Å². The average molecular weight is 445 g/mol. The number of furan rings is 1. The van der Waals surface area contributed by atoms with E-state index in [1.165, 1.54) is 17.5 Å². The Hall–Kier alpha value is -3.58. The highest BCUT2D eigenvalue weighted by Crippen LogP contribution is 2.30. The van der Waals surface area contributed by atoms with Gasteiger partial charge in [-0.2, -0.15) is 0 Å². The van der Waals surface area contributed by atoms with E-state index in [1.54, 1.807) is 12.1 Å². The zero-order chi connectivity index (χ0) is 22.6. The number of rotatable bonds is 5. The van der Waals surface area contributed by atoms with Crippen LogP contribution in [0.4, 0.5) is 5.69 Å². The highest BCUT2D eigenvalue weighted by Gasteiger charge is 2.34. The van der Waals surface area contributed by atoms with Crippen molar-refractivity contribution in [1.82, 2.24) is 15.1 Å². The van der Waals surface area contributed by atoms with Gasteiger partial charge < -0.3 is 19.5 Å². The number of amides is 2. The maximum Gasteiger partial charge on any atom is 0.287 e. The molecule has 1 fully saturated rings. The molecule has 2 amide bonds. The first kappa shape index (κ1) is 21.3. The molecule has 0 aliphatic carbocycles. The molecule has 33 heavy (non-hydrogen) atoms. The van der Waals surface area contributed by atoms with Gasteiger partial charge in [0.2, 0.25) is 5.91 Å². The van der Waals surface area contributed by atoms with Gasteiger partial charge in [0.05, 0.1) is 18.8 Å². The van der Waals surface area contributed by atoms with E-state index in [4.69, 9.17) is 4.42 Å². The zero-order valence-electron chi connectivity index (χ0n) is 18.5. The molecule has 2 aliphatic heterocycles. The Morgan fingerprint density at radius 3 is 2.58 bits per heavy atom. The van der Waals surface area contributed by atoms with Gasteiger partial charge in [0.25, 0.3) is 5.91 Å². The number of nitrogens with zero attached hydrogens (tertiary/aromatic N) is 3. The van der Waals surface area contributed by atoms with Gasteiger partial charge >= 0.3 is 0 Å². The lowest BCUT2D eigenvalue weighted by Crippen LogP contribution is -2.56. The van der Waals surface area contributed by atoms with Crippen LogP contribution in [0, 0.1) is 0 Å². The monoisotopic (exact) mass is 444 g/mol. The molecule has 2 aromatic carbocycles. The number of piperazine rings is 1. The van der Waals surface area contributed by atoms with Crippen LogP contribution >= 0.6 is 0 Å². The standard InChI is InChI=1S/C26H28N4O3/c31-25(15-27-26(32)24-11-6-14-33-24)29-17-21-9-4-5-10-23(21)30-13-12-28(18-22(30)19-29)16-20-7-2-1-3-8-20/h1-11,14,22H,12-13,15-19H2,(H,27,32). The summed E-state index contributed by atoms with van der Waals surface area (Å²) in [6, 6.07) is 22.3. The molecule has 0 bridgehead atoms. The molecular formula is C26H28N4O3. The smallest absolute Gasteiger partial charge is 0.287 e. The maximum absolute atomic E-state index is 13.1. The van der Waals surface area contributed by atoms with Gasteiger partial charge in [-0.1, -0.05) is 48.5 Å². The number of para-hydroxylation sites is 1. The molecule has 1 unspecified atom stereocenters. The summed E-state index contributed by atoms with van der Waals surface area (Å²) in [4.78, 5) is 32.1. The Kier molecular flexibility index (Phi) is 6.13. The van der Waals surface area contributed by atoms with Crippen molar-refractivity contribution in [3.63, 3.8) is 0 Å². The van der Waals surface area contributed by atoms with Crippen molar-refractivity contribution in [2.75, 3.05) is 37.6 Å². The summed E-state index contributed by atoms with van der Waals surface area (Å²) >= 11 is 0. The number of carbonyl (C=O) groups excluding carboxylic acids is 2. The predicted molar refractivity (Wildman–Crippen MR) is 126 cm³/mol. The first-order chi connectivity index (χ1) is 16.2. The van der Waals surface area contributed by atoms with Crippen molar-refractivity contribution < 1.29 is 14.0 Å². The fraction of sp³-hybridized carbons (Fsp3) is 0.308. The van der Waals surface area contributed by atoms with Crippen molar-refractivity contribution in [1.29, 1.82) is 0 Å². The lowest BCUT2D eigenvalue weighted by atomic mass is 10.1. The molecule has 0 saturated carbocycles. The number of carbonyl (C=O) groups is 2. The maximum atomic E-state index is 13.1. The van der Waals surface area contributed by atoms with Crippen molar-refractivity contribution in [2.45, 2.75) is 19.1 Å². The van der Waals surface area contributed by atoms with E-state index in [0.29, 0.717) is 13.1 Å². The summed E-state index contributed by atoms with van der Waals surface area (Å²) in [5, 5.41) is 2.69. The van der Waals surface area contributed by atoms with Gasteiger partial charge in [-0.3, -0.25) is 14.5 Å². The number of fused-ring (bicyclic) bond motifs is 3. The molecule has 1 atom stereocenters. The first-order valence-electron chi connectivity index (χ1n) is 11.4. The molecule has 2 aliphatic rings. The minimum absolute atomic E-state index is 0.0534. The predicted octanol–water partition coefficient (Wildman–Crippen LogP) is 2.74. The number of benzene rings is 2. The third kappa shape index (κ3) is 4.78. The van der Waals surface area contributed by atoms with Crippen LogP contribution in [0.1, 0.15) is 21.7 Å². The second-order valence-corrected chi connectivity index (χ2v) is 8.63. The Labute approximate surface area is 193 Å². The van der Waals surface area contributed by atoms with Crippen LogP contribution in [-0.2, 0) is 17.9 Å². The molecule has 1 saturated heterocycles. The van der Waals surface area contributed by atoms with Gasteiger partial charge in [-0.25, -0.2) is 0 Å². The SMILES string of the molecule is O=C(NCC(=O)N1Cc2ccccc2N2CCN(Cc3ccccc3)CC2C1)c1ccco1. The Balaban J connectivity index is 1.30. The van der Waals surface area contributed by atoms with Crippen LogP contribution in [-0.4, -0.2) is 60.4 Å². The Bertz CT molecular complexity index is 1100. The molecule has 7 nitrogen and oxygen atoms in total. The van der Waals surface area contributed by atoms with Gasteiger partial charge in [0, 0.05) is 45.0 Å². The van der Waals surface area contributed by atoms with Gasteiger partial charge in [0.15, 0.2) is 5.76 Å². The molecule has 3 aromatic rings. The number of nitrogens with one attached hydrogen (secondary N) is 1. The van der Waals surface area contributed by atoms with E-state index in [2.05, 4.69) is 57.6 Å². The topological polar surface area (TPSA) is 69.0 Å². The third-order valence-electron chi connectivity index (χ3n) is 6.41. The zero-order valence-corrected chi connectivity index (χ0v) is 18.5. The van der Waals surface area contributed by atoms with Gasteiger partial charge in [-0.05, 0) is 29.3 Å². The minimum Gasteiger partial charge on any atom is -0.459 e. The Morgan fingerprint density at radius 2 is 1.76 bits per heavy atom. The highest BCUT2D eigenvalue weighted by molar-refractivity contribution is 5.94. The summed E-state index contributed by atoms with van der Waals surface area (Å²) < 4.78 is 5.12. The lowest BCUT2D eigenvalue weighted by Gasteiger charge is -2.43. The summed E-state index contributed by atoms with van der Waals surface area (Å²) in [6.45, 7) is 4.79. The van der Waals surface area contributed by atoms with E-state index in [1.807, 2.05) is 17.0 Å². The average Bonchev–Trinajstić information content (AvgIpc) is 3.33. The molecule has 1 aromatic heterocycles. The van der Waals surface area contributed by atoms with E-state index in [-0.39, 0.29) is 30.2 Å². The number of anilines is 1. The summed E-state index contributed by atoms with van der Waals surface area (Å²) in [6.07, 6.45) is 1.45. The van der Waals surface area contributed by atoms with E-state index in [0.717, 1.165) is 31.7 Å². The fourth-order valence-electron chi connectivity index (χ4n) is 4.78. The van der Waals surface area contributed by atoms with Crippen LogP contribution in [0.2, 0.25) is 0 Å². The first-order valence-corrected chi connectivity index (χ1v) is 11.4. The second kappa shape index (κ2) is 9.50. The molecule has 1 N–H and O–H groups in total. The fourth-order valence-corrected chi connectivity index (χ4v) is 4.78. The highest BCUT2D eigenvalue weighted by atomic mass is 16.3.